The summed E-state index contributed by atoms with van der Waals surface area (Å²) < 4.78 is 2.18. The first kappa shape index (κ1) is 12.6. The highest BCUT2D eigenvalue weighted by atomic mass is 15.0. The molecule has 0 amide bonds. The van der Waals surface area contributed by atoms with Crippen molar-refractivity contribution < 1.29 is 0 Å². The van der Waals surface area contributed by atoms with E-state index in [1.807, 2.05) is 19.1 Å². The SMILES string of the molecule is C=Cc1c(C(C)C)c(/C=C\C)n(C)c1C=C. The summed E-state index contributed by atoms with van der Waals surface area (Å²) in [5.41, 5.74) is 4.96. The number of rotatable bonds is 4. The van der Waals surface area contributed by atoms with Gasteiger partial charge < -0.3 is 4.57 Å². The van der Waals surface area contributed by atoms with Crippen molar-refractivity contribution in [2.75, 3.05) is 0 Å². The summed E-state index contributed by atoms with van der Waals surface area (Å²) >= 11 is 0. The topological polar surface area (TPSA) is 4.93 Å². The molecule has 1 rings (SSSR count). The molecule has 0 aliphatic rings. The Hall–Kier alpha value is -1.50. The van der Waals surface area contributed by atoms with Gasteiger partial charge in [-0.05, 0) is 30.6 Å². The van der Waals surface area contributed by atoms with Crippen molar-refractivity contribution in [1.29, 1.82) is 0 Å². The van der Waals surface area contributed by atoms with Gasteiger partial charge in [0.1, 0.15) is 0 Å². The summed E-state index contributed by atoms with van der Waals surface area (Å²) in [5.74, 6) is 0.485. The molecule has 0 aliphatic carbocycles. The Morgan fingerprint density at radius 1 is 1.12 bits per heavy atom. The van der Waals surface area contributed by atoms with E-state index in [0.29, 0.717) is 5.92 Å². The van der Waals surface area contributed by atoms with Crippen LogP contribution in [-0.2, 0) is 7.05 Å². The van der Waals surface area contributed by atoms with E-state index in [0.717, 1.165) is 5.69 Å². The molecule has 1 nitrogen and oxygen atoms in total. The predicted molar refractivity (Wildman–Crippen MR) is 74.4 cm³/mol. The van der Waals surface area contributed by atoms with Gasteiger partial charge in [-0.1, -0.05) is 39.2 Å². The standard InChI is InChI=1S/C15H21N/c1-7-10-14-15(11(4)5)12(8-2)13(9-3)16(14)6/h7-11H,2-3H2,1,4-6H3/b10-7-. The van der Waals surface area contributed by atoms with E-state index >= 15 is 0 Å². The molecule has 1 aromatic heterocycles. The van der Waals surface area contributed by atoms with Crippen LogP contribution in [0.3, 0.4) is 0 Å². The summed E-state index contributed by atoms with van der Waals surface area (Å²) in [6, 6.07) is 0. The first-order valence-corrected chi connectivity index (χ1v) is 5.68. The fourth-order valence-corrected chi connectivity index (χ4v) is 2.19. The van der Waals surface area contributed by atoms with E-state index in [1.165, 1.54) is 16.8 Å². The van der Waals surface area contributed by atoms with Crippen molar-refractivity contribution in [3.05, 3.63) is 41.7 Å². The molecular weight excluding hydrogens is 194 g/mol. The Kier molecular flexibility index (Phi) is 3.94. The minimum absolute atomic E-state index is 0.485. The highest BCUT2D eigenvalue weighted by Crippen LogP contribution is 2.31. The third kappa shape index (κ3) is 1.90. The molecule has 0 aromatic carbocycles. The highest BCUT2D eigenvalue weighted by molar-refractivity contribution is 5.71. The third-order valence-electron chi connectivity index (χ3n) is 2.86. The van der Waals surface area contributed by atoms with Gasteiger partial charge >= 0.3 is 0 Å². The van der Waals surface area contributed by atoms with Crippen molar-refractivity contribution in [3.63, 3.8) is 0 Å². The lowest BCUT2D eigenvalue weighted by Gasteiger charge is -2.07. The number of allylic oxidation sites excluding steroid dienone is 1. The largest absolute Gasteiger partial charge is 0.344 e. The zero-order chi connectivity index (χ0) is 12.3. The Bertz CT molecular complexity index is 431. The van der Waals surface area contributed by atoms with Gasteiger partial charge in [-0.25, -0.2) is 0 Å². The zero-order valence-electron chi connectivity index (χ0n) is 10.7. The van der Waals surface area contributed by atoms with Crippen LogP contribution in [0.1, 0.15) is 49.2 Å². The third-order valence-corrected chi connectivity index (χ3v) is 2.86. The molecule has 0 radical (unpaired) electrons. The van der Waals surface area contributed by atoms with Crippen LogP contribution < -0.4 is 0 Å². The van der Waals surface area contributed by atoms with Crippen LogP contribution in [0, 0.1) is 0 Å². The average molecular weight is 215 g/mol. The van der Waals surface area contributed by atoms with Crippen LogP contribution in [0.2, 0.25) is 0 Å². The average Bonchev–Trinajstić information content (AvgIpc) is 2.52. The minimum Gasteiger partial charge on any atom is -0.344 e. The Morgan fingerprint density at radius 3 is 2.12 bits per heavy atom. The molecule has 0 saturated heterocycles. The summed E-state index contributed by atoms with van der Waals surface area (Å²) in [4.78, 5) is 0. The number of nitrogens with zero attached hydrogens (tertiary/aromatic N) is 1. The summed E-state index contributed by atoms with van der Waals surface area (Å²) in [6.07, 6.45) is 8.05. The van der Waals surface area contributed by atoms with Crippen molar-refractivity contribution in [1.82, 2.24) is 4.57 Å². The molecule has 0 bridgehead atoms. The molecule has 0 saturated carbocycles. The van der Waals surface area contributed by atoms with Gasteiger partial charge in [0, 0.05) is 24.0 Å². The second-order valence-corrected chi connectivity index (χ2v) is 4.22. The van der Waals surface area contributed by atoms with E-state index in [-0.39, 0.29) is 0 Å². The van der Waals surface area contributed by atoms with Crippen LogP contribution in [0.5, 0.6) is 0 Å². The second kappa shape index (κ2) is 5.02. The molecule has 0 fully saturated rings. The second-order valence-electron chi connectivity index (χ2n) is 4.22. The predicted octanol–water partition coefficient (Wildman–Crippen LogP) is 4.47. The van der Waals surface area contributed by atoms with Crippen LogP contribution in [0.15, 0.2) is 19.2 Å². The van der Waals surface area contributed by atoms with E-state index in [1.54, 1.807) is 0 Å². The quantitative estimate of drug-likeness (QED) is 0.698. The van der Waals surface area contributed by atoms with Gasteiger partial charge in [-0.15, -0.1) is 0 Å². The number of aromatic nitrogens is 1. The van der Waals surface area contributed by atoms with Gasteiger partial charge in [-0.2, -0.15) is 0 Å². The zero-order valence-corrected chi connectivity index (χ0v) is 10.7. The first-order valence-electron chi connectivity index (χ1n) is 5.68. The lowest BCUT2D eigenvalue weighted by molar-refractivity contribution is 0.838. The molecule has 16 heavy (non-hydrogen) atoms. The lowest BCUT2D eigenvalue weighted by Crippen LogP contribution is -1.95. The highest BCUT2D eigenvalue weighted by Gasteiger charge is 2.17. The van der Waals surface area contributed by atoms with Gasteiger partial charge in [0.15, 0.2) is 0 Å². The summed E-state index contributed by atoms with van der Waals surface area (Å²) in [5, 5.41) is 0. The van der Waals surface area contributed by atoms with Crippen molar-refractivity contribution in [2.24, 2.45) is 7.05 Å². The van der Waals surface area contributed by atoms with Gasteiger partial charge in [0.25, 0.3) is 0 Å². The first-order chi connectivity index (χ1) is 7.58. The molecule has 1 heteroatoms. The van der Waals surface area contributed by atoms with E-state index < -0.39 is 0 Å². The molecular formula is C15H21N. The molecule has 0 N–H and O–H groups in total. The molecule has 0 atom stereocenters. The van der Waals surface area contributed by atoms with Crippen molar-refractivity contribution >= 4 is 18.2 Å². The Balaban J connectivity index is 3.64. The molecule has 0 aliphatic heterocycles. The van der Waals surface area contributed by atoms with Gasteiger partial charge in [0.2, 0.25) is 0 Å². The van der Waals surface area contributed by atoms with Crippen LogP contribution in [-0.4, -0.2) is 4.57 Å². The summed E-state index contributed by atoms with van der Waals surface area (Å²) in [7, 11) is 2.07. The number of hydrogen-bond donors (Lipinski definition) is 0. The van der Waals surface area contributed by atoms with E-state index in [4.69, 9.17) is 0 Å². The monoisotopic (exact) mass is 215 g/mol. The molecule has 0 unspecified atom stereocenters. The minimum atomic E-state index is 0.485. The fourth-order valence-electron chi connectivity index (χ4n) is 2.19. The van der Waals surface area contributed by atoms with Crippen molar-refractivity contribution in [3.8, 4) is 0 Å². The summed E-state index contributed by atoms with van der Waals surface area (Å²) in [6.45, 7) is 14.3. The van der Waals surface area contributed by atoms with Crippen LogP contribution >= 0.6 is 0 Å². The Labute approximate surface area is 98.8 Å². The molecule has 86 valence electrons. The van der Waals surface area contributed by atoms with Crippen LogP contribution in [0.25, 0.3) is 18.2 Å². The Morgan fingerprint density at radius 2 is 1.75 bits per heavy atom. The maximum atomic E-state index is 3.91. The molecule has 1 heterocycles. The van der Waals surface area contributed by atoms with Crippen LogP contribution in [0.4, 0.5) is 0 Å². The van der Waals surface area contributed by atoms with E-state index in [2.05, 4.69) is 50.8 Å². The normalized spacial score (nSPS) is 11.3. The fraction of sp³-hybridized carbons (Fsp3) is 0.333. The van der Waals surface area contributed by atoms with Crippen molar-refractivity contribution in [2.45, 2.75) is 26.7 Å². The lowest BCUT2D eigenvalue weighted by atomic mass is 9.97. The smallest absolute Gasteiger partial charge is 0.0479 e. The molecule has 1 aromatic rings. The maximum absolute atomic E-state index is 3.91. The van der Waals surface area contributed by atoms with Gasteiger partial charge in [-0.3, -0.25) is 0 Å². The van der Waals surface area contributed by atoms with E-state index in [9.17, 15) is 0 Å². The molecule has 0 spiro atoms. The van der Waals surface area contributed by atoms with Gasteiger partial charge in [0.05, 0.1) is 0 Å². The number of hydrogen-bond acceptors (Lipinski definition) is 0. The maximum Gasteiger partial charge on any atom is 0.0479 e.